The number of ether oxygens (including phenoxy) is 2. The van der Waals surface area contributed by atoms with Crippen LogP contribution in [0.5, 0.6) is 0 Å². The van der Waals surface area contributed by atoms with E-state index in [1.165, 1.54) is 32.4 Å². The Labute approximate surface area is 155 Å². The first-order valence-electron chi connectivity index (χ1n) is 7.26. The quantitative estimate of drug-likeness (QED) is 0.713. The standard InChI is InChI=1S/C15H17ClN4O5S/c1-9-8-11(13(24-2)25-3)18-14(17-9)19-15(21)20-26(22,23)12-7-5-4-6-10(12)16/h4-8,13H,1-3H3,(H2,17,18,19,20,21). The van der Waals surface area contributed by atoms with Gasteiger partial charge >= 0.3 is 6.03 Å². The van der Waals surface area contributed by atoms with Crippen molar-refractivity contribution in [2.45, 2.75) is 18.1 Å². The van der Waals surface area contributed by atoms with E-state index in [0.717, 1.165) is 0 Å². The summed E-state index contributed by atoms with van der Waals surface area (Å²) in [5.74, 6) is -0.106. The van der Waals surface area contributed by atoms with E-state index in [4.69, 9.17) is 21.1 Å². The lowest BCUT2D eigenvalue weighted by Gasteiger charge is -2.14. The Morgan fingerprint density at radius 2 is 1.85 bits per heavy atom. The number of anilines is 1. The van der Waals surface area contributed by atoms with Crippen molar-refractivity contribution in [3.63, 3.8) is 0 Å². The number of carbonyl (C=O) groups is 1. The van der Waals surface area contributed by atoms with Gasteiger partial charge in [0.1, 0.15) is 10.6 Å². The topological polar surface area (TPSA) is 120 Å². The molecular formula is C15H17ClN4O5S. The summed E-state index contributed by atoms with van der Waals surface area (Å²) in [6, 6.07) is 6.32. The summed E-state index contributed by atoms with van der Waals surface area (Å²) in [5, 5.41) is 2.26. The lowest BCUT2D eigenvalue weighted by atomic mass is 10.3. The van der Waals surface area contributed by atoms with E-state index >= 15 is 0 Å². The third-order valence-corrected chi connectivity index (χ3v) is 4.95. The van der Waals surface area contributed by atoms with E-state index in [9.17, 15) is 13.2 Å². The molecule has 0 aliphatic heterocycles. The van der Waals surface area contributed by atoms with Crippen LogP contribution >= 0.6 is 11.6 Å². The highest BCUT2D eigenvalue weighted by Gasteiger charge is 2.21. The van der Waals surface area contributed by atoms with Gasteiger partial charge < -0.3 is 9.47 Å². The molecule has 1 aromatic carbocycles. The Hall–Kier alpha value is -2.27. The summed E-state index contributed by atoms with van der Waals surface area (Å²) < 4.78 is 36.6. The van der Waals surface area contributed by atoms with E-state index in [1.54, 1.807) is 19.1 Å². The number of benzene rings is 1. The molecule has 0 atom stereocenters. The summed E-state index contributed by atoms with van der Waals surface area (Å²) in [6.07, 6.45) is -0.757. The van der Waals surface area contributed by atoms with Gasteiger partial charge in [-0.2, -0.15) is 0 Å². The lowest BCUT2D eigenvalue weighted by Crippen LogP contribution is -2.35. The van der Waals surface area contributed by atoms with Crippen molar-refractivity contribution in [1.82, 2.24) is 14.7 Å². The maximum Gasteiger partial charge on any atom is 0.335 e. The highest BCUT2D eigenvalue weighted by Crippen LogP contribution is 2.20. The van der Waals surface area contributed by atoms with Crippen LogP contribution in [0.15, 0.2) is 35.2 Å². The van der Waals surface area contributed by atoms with Gasteiger partial charge in [-0.05, 0) is 25.1 Å². The number of rotatable bonds is 6. The van der Waals surface area contributed by atoms with Gasteiger partial charge in [-0.15, -0.1) is 0 Å². The number of sulfonamides is 1. The van der Waals surface area contributed by atoms with Crippen LogP contribution in [0.3, 0.4) is 0 Å². The van der Waals surface area contributed by atoms with E-state index in [0.29, 0.717) is 11.4 Å². The molecule has 0 unspecified atom stereocenters. The first kappa shape index (κ1) is 20.0. The Kier molecular flexibility index (Phi) is 6.48. The van der Waals surface area contributed by atoms with Crippen molar-refractivity contribution in [3.05, 3.63) is 46.7 Å². The number of nitrogens with zero attached hydrogens (tertiary/aromatic N) is 2. The summed E-state index contributed by atoms with van der Waals surface area (Å²) in [7, 11) is -1.29. The molecule has 2 N–H and O–H groups in total. The average Bonchev–Trinajstić information content (AvgIpc) is 2.55. The van der Waals surface area contributed by atoms with Gasteiger partial charge in [0.05, 0.1) is 5.02 Å². The van der Waals surface area contributed by atoms with E-state index in [-0.39, 0.29) is 15.9 Å². The molecule has 0 aliphatic carbocycles. The van der Waals surface area contributed by atoms with Crippen LogP contribution in [-0.4, -0.2) is 38.6 Å². The average molecular weight is 401 g/mol. The normalized spacial score (nSPS) is 11.4. The predicted octanol–water partition coefficient (Wildman–Crippen LogP) is 2.24. The zero-order valence-corrected chi connectivity index (χ0v) is 15.8. The van der Waals surface area contributed by atoms with Gasteiger partial charge in [0.2, 0.25) is 12.2 Å². The summed E-state index contributed by atoms with van der Waals surface area (Å²) in [6.45, 7) is 1.68. The van der Waals surface area contributed by atoms with Crippen molar-refractivity contribution in [3.8, 4) is 0 Å². The number of carbonyl (C=O) groups excluding carboxylic acids is 1. The molecule has 1 aromatic heterocycles. The molecule has 26 heavy (non-hydrogen) atoms. The molecule has 1 heterocycles. The highest BCUT2D eigenvalue weighted by atomic mass is 35.5. The minimum atomic E-state index is -4.16. The second-order valence-corrected chi connectivity index (χ2v) is 7.11. The fourth-order valence-electron chi connectivity index (χ4n) is 2.07. The number of halogens is 1. The van der Waals surface area contributed by atoms with Crippen molar-refractivity contribution in [2.24, 2.45) is 0 Å². The van der Waals surface area contributed by atoms with Crippen LogP contribution in [0.1, 0.15) is 17.7 Å². The predicted molar refractivity (Wildman–Crippen MR) is 94.3 cm³/mol. The maximum atomic E-state index is 12.3. The molecule has 2 amide bonds. The molecule has 0 saturated carbocycles. The smallest absolute Gasteiger partial charge is 0.335 e. The van der Waals surface area contributed by atoms with Crippen molar-refractivity contribution in [2.75, 3.05) is 19.5 Å². The van der Waals surface area contributed by atoms with Crippen LogP contribution in [0.25, 0.3) is 0 Å². The van der Waals surface area contributed by atoms with Gasteiger partial charge in [-0.3, -0.25) is 5.32 Å². The number of aryl methyl sites for hydroxylation is 1. The molecule has 0 fully saturated rings. The summed E-state index contributed by atoms with van der Waals surface area (Å²) >= 11 is 5.86. The number of methoxy groups -OCH3 is 2. The minimum absolute atomic E-state index is 0.00933. The monoisotopic (exact) mass is 400 g/mol. The number of aromatic nitrogens is 2. The van der Waals surface area contributed by atoms with Crippen molar-refractivity contribution < 1.29 is 22.7 Å². The first-order valence-corrected chi connectivity index (χ1v) is 9.12. The van der Waals surface area contributed by atoms with Crippen LogP contribution in [0.2, 0.25) is 5.02 Å². The van der Waals surface area contributed by atoms with Crippen LogP contribution in [-0.2, 0) is 19.5 Å². The molecule has 0 saturated heterocycles. The summed E-state index contributed by atoms with van der Waals surface area (Å²) in [5.41, 5.74) is 0.894. The molecule has 0 spiro atoms. The Balaban J connectivity index is 2.19. The van der Waals surface area contributed by atoms with Crippen molar-refractivity contribution >= 4 is 33.6 Å². The molecule has 0 aliphatic rings. The third kappa shape index (κ3) is 4.88. The molecule has 0 bridgehead atoms. The van der Waals surface area contributed by atoms with Gasteiger partial charge in [0, 0.05) is 19.9 Å². The van der Waals surface area contributed by atoms with E-state index in [1.807, 2.05) is 4.72 Å². The molecule has 9 nitrogen and oxygen atoms in total. The van der Waals surface area contributed by atoms with Crippen molar-refractivity contribution in [1.29, 1.82) is 0 Å². The SMILES string of the molecule is COC(OC)c1cc(C)nc(NC(=O)NS(=O)(=O)c2ccccc2Cl)n1. The summed E-state index contributed by atoms with van der Waals surface area (Å²) in [4.78, 5) is 19.9. The number of urea groups is 1. The highest BCUT2D eigenvalue weighted by molar-refractivity contribution is 7.90. The Bertz CT molecular complexity index is 903. The molecule has 140 valence electrons. The molecule has 2 rings (SSSR count). The number of nitrogens with one attached hydrogen (secondary N) is 2. The number of amides is 2. The molecule has 0 radical (unpaired) electrons. The molecule has 11 heteroatoms. The number of hydrogen-bond donors (Lipinski definition) is 2. The van der Waals surface area contributed by atoms with E-state index in [2.05, 4.69) is 15.3 Å². The third-order valence-electron chi connectivity index (χ3n) is 3.12. The zero-order chi connectivity index (χ0) is 19.3. The van der Waals surface area contributed by atoms with Gasteiger partial charge in [0.25, 0.3) is 10.0 Å². The van der Waals surface area contributed by atoms with Crippen LogP contribution in [0.4, 0.5) is 10.7 Å². The fourth-order valence-corrected chi connectivity index (χ4v) is 3.50. The largest absolute Gasteiger partial charge is 0.350 e. The van der Waals surface area contributed by atoms with Crippen LogP contribution < -0.4 is 10.0 Å². The van der Waals surface area contributed by atoms with Crippen LogP contribution in [0, 0.1) is 6.92 Å². The zero-order valence-electron chi connectivity index (χ0n) is 14.2. The second kappa shape index (κ2) is 8.41. The molecular weight excluding hydrogens is 384 g/mol. The van der Waals surface area contributed by atoms with Gasteiger partial charge in [-0.25, -0.2) is 27.9 Å². The Morgan fingerprint density at radius 3 is 2.46 bits per heavy atom. The molecule has 2 aromatic rings. The number of hydrogen-bond acceptors (Lipinski definition) is 7. The van der Waals surface area contributed by atoms with Gasteiger partial charge in [0.15, 0.2) is 0 Å². The first-order chi connectivity index (χ1) is 12.3. The second-order valence-electron chi connectivity index (χ2n) is 5.05. The Morgan fingerprint density at radius 1 is 1.19 bits per heavy atom. The fraction of sp³-hybridized carbons (Fsp3) is 0.267. The van der Waals surface area contributed by atoms with Gasteiger partial charge in [-0.1, -0.05) is 23.7 Å². The van der Waals surface area contributed by atoms with E-state index < -0.39 is 22.3 Å². The maximum absolute atomic E-state index is 12.3. The minimum Gasteiger partial charge on any atom is -0.350 e. The lowest BCUT2D eigenvalue weighted by molar-refractivity contribution is -0.108.